The van der Waals surface area contributed by atoms with Crippen LogP contribution in [-0.2, 0) is 19.1 Å². The van der Waals surface area contributed by atoms with Crippen LogP contribution in [0.25, 0.3) is 6.08 Å². The minimum atomic E-state index is -0.831. The van der Waals surface area contributed by atoms with Gasteiger partial charge in [-0.1, -0.05) is 36.1 Å². The van der Waals surface area contributed by atoms with Gasteiger partial charge in [0.15, 0.2) is 34.4 Å². The number of carbonyl (C=O) groups is 2. The van der Waals surface area contributed by atoms with Crippen molar-refractivity contribution < 1.29 is 38.0 Å². The molecule has 4 rings (SSSR count). The molecule has 1 aliphatic rings. The molecule has 244 valence electrons. The van der Waals surface area contributed by atoms with Crippen LogP contribution in [0.4, 0.5) is 0 Å². The van der Waals surface area contributed by atoms with Crippen LogP contribution in [0.2, 0.25) is 0 Å². The highest BCUT2D eigenvalue weighted by molar-refractivity contribution is 7.07. The number of ether oxygens (including phenoxy) is 6. The molecule has 0 spiro atoms. The van der Waals surface area contributed by atoms with Crippen LogP contribution in [0.5, 0.6) is 23.0 Å². The van der Waals surface area contributed by atoms with Crippen molar-refractivity contribution >= 4 is 29.4 Å². The van der Waals surface area contributed by atoms with Gasteiger partial charge in [0.05, 0.1) is 48.3 Å². The highest BCUT2D eigenvalue weighted by Gasteiger charge is 2.34. The molecule has 1 aromatic heterocycles. The fourth-order valence-electron chi connectivity index (χ4n) is 4.83. The number of hydrogen-bond donors (Lipinski definition) is 0. The molecule has 0 amide bonds. The first-order valence-electron chi connectivity index (χ1n) is 15.0. The molecule has 0 radical (unpaired) electrons. The molecule has 0 saturated heterocycles. The Hall–Kier alpha value is -4.84. The van der Waals surface area contributed by atoms with Gasteiger partial charge in [-0.3, -0.25) is 9.36 Å². The fourth-order valence-corrected chi connectivity index (χ4v) is 5.88. The van der Waals surface area contributed by atoms with Gasteiger partial charge in [-0.25, -0.2) is 14.6 Å². The Morgan fingerprint density at radius 1 is 0.891 bits per heavy atom. The highest BCUT2D eigenvalue weighted by Crippen LogP contribution is 2.36. The second-order valence-corrected chi connectivity index (χ2v) is 10.8. The summed E-state index contributed by atoms with van der Waals surface area (Å²) in [6.45, 7) is 13.7. The van der Waals surface area contributed by atoms with Crippen molar-refractivity contribution in [2.45, 2.75) is 40.7 Å². The maximum absolute atomic E-state index is 14.1. The predicted octanol–water partition coefficient (Wildman–Crippen LogP) is 4.10. The van der Waals surface area contributed by atoms with Crippen molar-refractivity contribution in [1.29, 1.82) is 0 Å². The zero-order chi connectivity index (χ0) is 33.2. The maximum Gasteiger partial charge on any atom is 0.344 e. The van der Waals surface area contributed by atoms with Crippen molar-refractivity contribution in [3.63, 3.8) is 0 Å². The molecule has 12 heteroatoms. The van der Waals surface area contributed by atoms with Gasteiger partial charge < -0.3 is 28.4 Å². The predicted molar refractivity (Wildman–Crippen MR) is 173 cm³/mol. The highest BCUT2D eigenvalue weighted by atomic mass is 32.1. The second-order valence-electron chi connectivity index (χ2n) is 9.77. The lowest BCUT2D eigenvalue weighted by Crippen LogP contribution is -2.40. The molecule has 2 heterocycles. The molecule has 0 saturated carbocycles. The van der Waals surface area contributed by atoms with E-state index in [4.69, 9.17) is 28.4 Å². The van der Waals surface area contributed by atoms with Crippen molar-refractivity contribution in [3.05, 3.63) is 91.1 Å². The Labute approximate surface area is 271 Å². The summed E-state index contributed by atoms with van der Waals surface area (Å²) < 4.78 is 35.3. The van der Waals surface area contributed by atoms with Crippen LogP contribution < -0.4 is 33.8 Å². The first-order chi connectivity index (χ1) is 22.3. The summed E-state index contributed by atoms with van der Waals surface area (Å²) in [5.74, 6) is 0.705. The van der Waals surface area contributed by atoms with Crippen molar-refractivity contribution in [2.75, 3.05) is 39.6 Å². The third kappa shape index (κ3) is 7.68. The summed E-state index contributed by atoms with van der Waals surface area (Å²) >= 11 is 1.20. The molecule has 11 nitrogen and oxygen atoms in total. The number of nitrogens with zero attached hydrogens (tertiary/aromatic N) is 2. The van der Waals surface area contributed by atoms with E-state index in [-0.39, 0.29) is 37.6 Å². The number of carbonyl (C=O) groups excluding carboxylic acids is 2. The Bertz CT molecular complexity index is 1810. The lowest BCUT2D eigenvalue weighted by Gasteiger charge is -2.25. The molecule has 3 aromatic rings. The number of benzene rings is 2. The van der Waals surface area contributed by atoms with Gasteiger partial charge in [0.25, 0.3) is 5.56 Å². The lowest BCUT2D eigenvalue weighted by atomic mass is 9.95. The molecule has 0 bridgehead atoms. The van der Waals surface area contributed by atoms with Crippen LogP contribution in [-0.4, -0.2) is 56.1 Å². The van der Waals surface area contributed by atoms with Crippen LogP contribution in [0.3, 0.4) is 0 Å². The zero-order valence-electron chi connectivity index (χ0n) is 26.6. The Morgan fingerprint density at radius 3 is 2.24 bits per heavy atom. The first kappa shape index (κ1) is 34.0. The minimum absolute atomic E-state index is 0.160. The molecular weight excluding hydrogens is 612 g/mol. The number of fused-ring (bicyclic) bond motifs is 1. The van der Waals surface area contributed by atoms with E-state index in [9.17, 15) is 14.4 Å². The third-order valence-electron chi connectivity index (χ3n) is 6.67. The zero-order valence-corrected chi connectivity index (χ0v) is 27.4. The summed E-state index contributed by atoms with van der Waals surface area (Å²) in [5.41, 5.74) is 1.65. The molecule has 1 atom stereocenters. The summed E-state index contributed by atoms with van der Waals surface area (Å²) in [6.07, 6.45) is 3.35. The van der Waals surface area contributed by atoms with Crippen molar-refractivity contribution in [1.82, 2.24) is 4.57 Å². The van der Waals surface area contributed by atoms with Crippen molar-refractivity contribution in [3.8, 4) is 23.0 Å². The Morgan fingerprint density at radius 2 is 1.57 bits per heavy atom. The molecule has 46 heavy (non-hydrogen) atoms. The molecule has 1 aliphatic heterocycles. The van der Waals surface area contributed by atoms with E-state index >= 15 is 0 Å². The molecule has 2 aromatic carbocycles. The van der Waals surface area contributed by atoms with E-state index in [1.54, 1.807) is 69.3 Å². The van der Waals surface area contributed by atoms with Gasteiger partial charge in [-0.05, 0) is 76.1 Å². The topological polar surface area (TPSA) is 124 Å². The van der Waals surface area contributed by atoms with Crippen LogP contribution >= 0.6 is 11.3 Å². The molecule has 0 N–H and O–H groups in total. The SMILES string of the molecule is C=CCOc1ccc(C2C(C(=O)OCC)=C(C)N=c3s/c(=C\c4ccc(OCC(=O)OCC)c(OCC)c4)c(=O)n32)cc1OCC. The monoisotopic (exact) mass is 650 g/mol. The minimum Gasteiger partial charge on any atom is -0.490 e. The van der Waals surface area contributed by atoms with Crippen LogP contribution in [0.1, 0.15) is 51.8 Å². The standard InChI is InChI=1S/C34H38N2O9S/c1-7-16-44-24-15-13-23(19-27(24)41-9-3)31-30(33(39)43-11-5)21(6)35-34-36(31)32(38)28(46-34)18-22-12-14-25(26(17-22)40-8-2)45-20-29(37)42-10-4/h7,12-15,17-19,31H,1,8-11,16,20H2,2-6H3/b28-18-. The van der Waals surface area contributed by atoms with Gasteiger partial charge >= 0.3 is 11.9 Å². The molecular formula is C34H38N2O9S. The fraction of sp³-hybridized carbons (Fsp3) is 0.353. The molecule has 0 fully saturated rings. The summed E-state index contributed by atoms with van der Waals surface area (Å²) in [5, 5.41) is 0. The average molecular weight is 651 g/mol. The van der Waals surface area contributed by atoms with Crippen LogP contribution in [0.15, 0.2) is 70.1 Å². The van der Waals surface area contributed by atoms with E-state index in [1.165, 1.54) is 15.9 Å². The molecule has 1 unspecified atom stereocenters. The number of thiazole rings is 1. The first-order valence-corrected chi connectivity index (χ1v) is 15.8. The van der Waals surface area contributed by atoms with E-state index in [2.05, 4.69) is 11.6 Å². The number of esters is 2. The summed E-state index contributed by atoms with van der Waals surface area (Å²) in [4.78, 5) is 44.3. The quantitative estimate of drug-likeness (QED) is 0.177. The summed E-state index contributed by atoms with van der Waals surface area (Å²) in [6, 6.07) is 9.64. The lowest BCUT2D eigenvalue weighted by molar-refractivity contribution is -0.145. The second kappa shape index (κ2) is 15.9. The van der Waals surface area contributed by atoms with Gasteiger partial charge in [-0.2, -0.15) is 0 Å². The van der Waals surface area contributed by atoms with E-state index in [0.717, 1.165) is 0 Å². The Kier molecular flexibility index (Phi) is 11.8. The van der Waals surface area contributed by atoms with Gasteiger partial charge in [0, 0.05) is 0 Å². The number of allylic oxidation sites excluding steroid dienone is 1. The number of hydrogen-bond acceptors (Lipinski definition) is 11. The average Bonchev–Trinajstić information content (AvgIpc) is 3.33. The van der Waals surface area contributed by atoms with E-state index in [0.29, 0.717) is 62.4 Å². The largest absolute Gasteiger partial charge is 0.490 e. The van der Waals surface area contributed by atoms with Crippen molar-refractivity contribution in [2.24, 2.45) is 4.99 Å². The summed E-state index contributed by atoms with van der Waals surface area (Å²) in [7, 11) is 0. The van der Waals surface area contributed by atoms with Crippen LogP contribution in [0, 0.1) is 0 Å². The van der Waals surface area contributed by atoms with Gasteiger partial charge in [0.2, 0.25) is 0 Å². The van der Waals surface area contributed by atoms with E-state index < -0.39 is 18.0 Å². The van der Waals surface area contributed by atoms with E-state index in [1.807, 2.05) is 13.8 Å². The number of rotatable bonds is 15. The maximum atomic E-state index is 14.1. The smallest absolute Gasteiger partial charge is 0.344 e. The third-order valence-corrected chi connectivity index (χ3v) is 7.66. The normalized spacial score (nSPS) is 14.2. The van der Waals surface area contributed by atoms with Gasteiger partial charge in [-0.15, -0.1) is 0 Å². The molecule has 0 aliphatic carbocycles. The Balaban J connectivity index is 1.83. The van der Waals surface area contributed by atoms with Gasteiger partial charge in [0.1, 0.15) is 6.61 Å². The number of aromatic nitrogens is 1.